The second-order valence-corrected chi connectivity index (χ2v) is 4.66. The van der Waals surface area contributed by atoms with Crippen molar-refractivity contribution in [1.29, 1.82) is 0 Å². The Kier molecular flexibility index (Phi) is 7.94. The highest BCUT2D eigenvalue weighted by atomic mass is 16.5. The maximum atomic E-state index is 11.6. The van der Waals surface area contributed by atoms with E-state index in [4.69, 9.17) is 9.47 Å². The van der Waals surface area contributed by atoms with Crippen LogP contribution in [-0.4, -0.2) is 32.0 Å². The molecule has 0 aliphatic rings. The van der Waals surface area contributed by atoms with Gasteiger partial charge in [0.05, 0.1) is 12.2 Å². The Morgan fingerprint density at radius 1 is 1.24 bits per heavy atom. The van der Waals surface area contributed by atoms with Gasteiger partial charge < -0.3 is 14.8 Å². The molecular weight excluding hydrogens is 270 g/mol. The number of carbonyl (C=O) groups excluding carboxylic acids is 2. The van der Waals surface area contributed by atoms with Gasteiger partial charge in [-0.2, -0.15) is 0 Å². The van der Waals surface area contributed by atoms with Crippen LogP contribution in [0.25, 0.3) is 0 Å². The molecule has 0 radical (unpaired) electrons. The third kappa shape index (κ3) is 6.29. The van der Waals surface area contributed by atoms with Crippen LogP contribution in [0, 0.1) is 0 Å². The van der Waals surface area contributed by atoms with Crippen LogP contribution in [0.5, 0.6) is 11.5 Å². The molecule has 5 nitrogen and oxygen atoms in total. The van der Waals surface area contributed by atoms with E-state index in [1.807, 2.05) is 6.92 Å². The summed E-state index contributed by atoms with van der Waals surface area (Å²) in [6.45, 7) is 5.19. The number of aldehydes is 1. The molecule has 5 heteroatoms. The zero-order valence-electron chi connectivity index (χ0n) is 12.7. The Bertz CT molecular complexity index is 460. The first-order valence-corrected chi connectivity index (χ1v) is 7.32. The minimum atomic E-state index is -0.194. The highest BCUT2D eigenvalue weighted by Gasteiger charge is 2.08. The molecule has 116 valence electrons. The van der Waals surface area contributed by atoms with E-state index in [0.717, 1.165) is 19.3 Å². The molecule has 0 heterocycles. The second kappa shape index (κ2) is 9.80. The zero-order valence-corrected chi connectivity index (χ0v) is 12.7. The summed E-state index contributed by atoms with van der Waals surface area (Å²) in [7, 11) is 0. The number of nitrogens with one attached hydrogen (secondary N) is 1. The lowest BCUT2D eigenvalue weighted by Crippen LogP contribution is -2.29. The van der Waals surface area contributed by atoms with Crippen LogP contribution in [0.1, 0.15) is 43.5 Å². The van der Waals surface area contributed by atoms with Crippen LogP contribution in [0.15, 0.2) is 18.2 Å². The van der Waals surface area contributed by atoms with Crippen molar-refractivity contribution in [3.63, 3.8) is 0 Å². The molecule has 0 aliphatic carbocycles. The number of unbranched alkanes of at least 4 members (excludes halogenated alkanes) is 1. The summed E-state index contributed by atoms with van der Waals surface area (Å²) in [5.41, 5.74) is 0.403. The third-order valence-corrected chi connectivity index (χ3v) is 2.80. The van der Waals surface area contributed by atoms with Crippen LogP contribution in [-0.2, 0) is 4.79 Å². The van der Waals surface area contributed by atoms with Gasteiger partial charge in [0.15, 0.2) is 12.9 Å². The van der Waals surface area contributed by atoms with E-state index >= 15 is 0 Å². The van der Waals surface area contributed by atoms with E-state index in [-0.39, 0.29) is 12.5 Å². The molecule has 0 spiro atoms. The van der Waals surface area contributed by atoms with E-state index in [1.54, 1.807) is 18.2 Å². The molecule has 1 rings (SSSR count). The molecule has 21 heavy (non-hydrogen) atoms. The first-order chi connectivity index (χ1) is 10.2. The van der Waals surface area contributed by atoms with E-state index in [1.165, 1.54) is 0 Å². The lowest BCUT2D eigenvalue weighted by atomic mass is 10.2. The predicted molar refractivity (Wildman–Crippen MR) is 81.0 cm³/mol. The molecule has 0 saturated heterocycles. The fourth-order valence-electron chi connectivity index (χ4n) is 1.65. The molecule has 1 amide bonds. The number of amides is 1. The summed E-state index contributed by atoms with van der Waals surface area (Å²) in [5.74, 6) is 0.799. The van der Waals surface area contributed by atoms with E-state index in [9.17, 15) is 9.59 Å². The standard InChI is InChI=1S/C16H23NO4/c1-3-5-8-17-16(19)12-21-15-10-14(20-9-4-2)7-6-13(15)11-18/h6-7,10-11H,3-5,8-9,12H2,1-2H3,(H,17,19). The first kappa shape index (κ1) is 17.0. The topological polar surface area (TPSA) is 64.6 Å². The highest BCUT2D eigenvalue weighted by Crippen LogP contribution is 2.23. The van der Waals surface area contributed by atoms with Gasteiger partial charge in [0.25, 0.3) is 5.91 Å². The van der Waals surface area contributed by atoms with Gasteiger partial charge in [-0.25, -0.2) is 0 Å². The van der Waals surface area contributed by atoms with Gasteiger partial charge in [-0.3, -0.25) is 9.59 Å². The first-order valence-electron chi connectivity index (χ1n) is 7.32. The second-order valence-electron chi connectivity index (χ2n) is 4.66. The Morgan fingerprint density at radius 2 is 2.05 bits per heavy atom. The lowest BCUT2D eigenvalue weighted by molar-refractivity contribution is -0.123. The molecule has 0 bridgehead atoms. The molecule has 0 atom stereocenters. The van der Waals surface area contributed by atoms with Gasteiger partial charge >= 0.3 is 0 Å². The van der Waals surface area contributed by atoms with Gasteiger partial charge in [0.2, 0.25) is 0 Å². The molecule has 0 fully saturated rings. The van der Waals surface area contributed by atoms with Crippen LogP contribution >= 0.6 is 0 Å². The van der Waals surface area contributed by atoms with Gasteiger partial charge in [0, 0.05) is 12.6 Å². The van der Waals surface area contributed by atoms with Crippen molar-refractivity contribution in [2.45, 2.75) is 33.1 Å². The van der Waals surface area contributed by atoms with Crippen molar-refractivity contribution in [2.24, 2.45) is 0 Å². The smallest absolute Gasteiger partial charge is 0.257 e. The number of benzene rings is 1. The summed E-state index contributed by atoms with van der Waals surface area (Å²) in [6, 6.07) is 4.98. The normalized spacial score (nSPS) is 10.0. The fraction of sp³-hybridized carbons (Fsp3) is 0.500. The molecule has 0 saturated carbocycles. The van der Waals surface area contributed by atoms with Crippen molar-refractivity contribution in [1.82, 2.24) is 5.32 Å². The Balaban J connectivity index is 2.58. The maximum Gasteiger partial charge on any atom is 0.257 e. The lowest BCUT2D eigenvalue weighted by Gasteiger charge is -2.11. The average Bonchev–Trinajstić information content (AvgIpc) is 2.51. The summed E-state index contributed by atoms with van der Waals surface area (Å²) in [4.78, 5) is 22.6. The van der Waals surface area contributed by atoms with Crippen molar-refractivity contribution in [3.05, 3.63) is 23.8 Å². The third-order valence-electron chi connectivity index (χ3n) is 2.80. The van der Waals surface area contributed by atoms with Crippen LogP contribution in [0.2, 0.25) is 0 Å². The van der Waals surface area contributed by atoms with E-state index < -0.39 is 0 Å². The summed E-state index contributed by atoms with van der Waals surface area (Å²) < 4.78 is 10.9. The van der Waals surface area contributed by atoms with Crippen molar-refractivity contribution in [3.8, 4) is 11.5 Å². The minimum absolute atomic E-state index is 0.109. The Labute approximate surface area is 125 Å². The van der Waals surface area contributed by atoms with Gasteiger partial charge in [-0.05, 0) is 25.0 Å². The summed E-state index contributed by atoms with van der Waals surface area (Å²) in [5, 5.41) is 2.76. The molecule has 1 N–H and O–H groups in total. The van der Waals surface area contributed by atoms with Crippen molar-refractivity contribution < 1.29 is 19.1 Å². The van der Waals surface area contributed by atoms with Crippen molar-refractivity contribution in [2.75, 3.05) is 19.8 Å². The molecule has 0 aromatic heterocycles. The Morgan fingerprint density at radius 3 is 2.71 bits per heavy atom. The van der Waals surface area contributed by atoms with Crippen molar-refractivity contribution >= 4 is 12.2 Å². The van der Waals surface area contributed by atoms with Gasteiger partial charge in [-0.1, -0.05) is 20.3 Å². The number of carbonyl (C=O) groups is 2. The van der Waals surface area contributed by atoms with E-state index in [0.29, 0.717) is 36.5 Å². The van der Waals surface area contributed by atoms with Crippen LogP contribution in [0.3, 0.4) is 0 Å². The highest BCUT2D eigenvalue weighted by molar-refractivity contribution is 5.81. The van der Waals surface area contributed by atoms with Crippen LogP contribution < -0.4 is 14.8 Å². The quantitative estimate of drug-likeness (QED) is 0.532. The number of hydrogen-bond donors (Lipinski definition) is 1. The fourth-order valence-corrected chi connectivity index (χ4v) is 1.65. The SMILES string of the molecule is CCCCNC(=O)COc1cc(OCCC)ccc1C=O. The maximum absolute atomic E-state index is 11.6. The number of ether oxygens (including phenoxy) is 2. The Hall–Kier alpha value is -2.04. The van der Waals surface area contributed by atoms with Gasteiger partial charge in [0.1, 0.15) is 11.5 Å². The van der Waals surface area contributed by atoms with E-state index in [2.05, 4.69) is 12.2 Å². The van der Waals surface area contributed by atoms with Gasteiger partial charge in [-0.15, -0.1) is 0 Å². The summed E-state index contributed by atoms with van der Waals surface area (Å²) in [6.07, 6.45) is 3.55. The molecule has 0 aliphatic heterocycles. The molecular formula is C16H23NO4. The number of hydrogen-bond acceptors (Lipinski definition) is 4. The van der Waals surface area contributed by atoms with Crippen LogP contribution in [0.4, 0.5) is 0 Å². The zero-order chi connectivity index (χ0) is 15.5. The largest absolute Gasteiger partial charge is 0.493 e. The minimum Gasteiger partial charge on any atom is -0.493 e. The monoisotopic (exact) mass is 293 g/mol. The molecule has 1 aromatic rings. The average molecular weight is 293 g/mol. The summed E-state index contributed by atoms with van der Waals surface area (Å²) >= 11 is 0. The molecule has 1 aromatic carbocycles. The number of rotatable bonds is 10. The predicted octanol–water partition coefficient (Wildman–Crippen LogP) is 2.58. The molecule has 0 unspecified atom stereocenters.